The molecule has 2 aromatic rings. The van der Waals surface area contributed by atoms with Crippen LogP contribution < -0.4 is 15.4 Å². The lowest BCUT2D eigenvalue weighted by atomic mass is 9.81. The quantitative estimate of drug-likeness (QED) is 0.785. The van der Waals surface area contributed by atoms with Gasteiger partial charge in [0.1, 0.15) is 5.75 Å². The minimum Gasteiger partial charge on any atom is -0.497 e. The van der Waals surface area contributed by atoms with Crippen LogP contribution in [-0.2, 0) is 11.2 Å². The summed E-state index contributed by atoms with van der Waals surface area (Å²) in [6, 6.07) is 10.2. The molecule has 4 rings (SSSR count). The molecular formula is C21H27N3O3. The monoisotopic (exact) mass is 369 g/mol. The molecule has 0 radical (unpaired) electrons. The Morgan fingerprint density at radius 2 is 2.07 bits per heavy atom. The SMILES string of the molecule is COc1ccc(-c2cc(C[C@@H]3CNCC[C@H]3CC(=O)NC3CC3)no2)cc1. The molecule has 0 spiro atoms. The normalized spacial score (nSPS) is 22.4. The molecule has 1 saturated heterocycles. The first kappa shape index (κ1) is 18.0. The summed E-state index contributed by atoms with van der Waals surface area (Å²) in [5, 5.41) is 10.8. The van der Waals surface area contributed by atoms with Gasteiger partial charge in [-0.2, -0.15) is 0 Å². The maximum Gasteiger partial charge on any atom is 0.220 e. The Balaban J connectivity index is 1.39. The van der Waals surface area contributed by atoms with Crippen molar-refractivity contribution in [2.45, 2.75) is 38.1 Å². The molecule has 2 aliphatic rings. The Morgan fingerprint density at radius 3 is 2.81 bits per heavy atom. The Kier molecular flexibility index (Phi) is 5.43. The third-order valence-electron chi connectivity index (χ3n) is 5.56. The fraction of sp³-hybridized carbons (Fsp3) is 0.524. The number of ether oxygens (including phenoxy) is 1. The first-order chi connectivity index (χ1) is 13.2. The molecule has 144 valence electrons. The van der Waals surface area contributed by atoms with Crippen LogP contribution in [0.4, 0.5) is 0 Å². The highest BCUT2D eigenvalue weighted by Gasteiger charge is 2.30. The Bertz CT molecular complexity index is 767. The van der Waals surface area contributed by atoms with Crippen molar-refractivity contribution in [1.29, 1.82) is 0 Å². The van der Waals surface area contributed by atoms with Crippen molar-refractivity contribution < 1.29 is 14.1 Å². The summed E-state index contributed by atoms with van der Waals surface area (Å²) in [5.41, 5.74) is 1.93. The van der Waals surface area contributed by atoms with Gasteiger partial charge in [-0.1, -0.05) is 5.16 Å². The fourth-order valence-electron chi connectivity index (χ4n) is 3.81. The van der Waals surface area contributed by atoms with Gasteiger partial charge in [0.2, 0.25) is 5.91 Å². The van der Waals surface area contributed by atoms with Gasteiger partial charge in [0.25, 0.3) is 0 Å². The van der Waals surface area contributed by atoms with Crippen LogP contribution in [0.3, 0.4) is 0 Å². The van der Waals surface area contributed by atoms with Crippen LogP contribution >= 0.6 is 0 Å². The number of amides is 1. The largest absolute Gasteiger partial charge is 0.497 e. The first-order valence-corrected chi connectivity index (χ1v) is 9.81. The van der Waals surface area contributed by atoms with Gasteiger partial charge < -0.3 is 19.9 Å². The van der Waals surface area contributed by atoms with Crippen LogP contribution in [0.25, 0.3) is 11.3 Å². The lowest BCUT2D eigenvalue weighted by molar-refractivity contribution is -0.122. The highest BCUT2D eigenvalue weighted by molar-refractivity contribution is 5.76. The average molecular weight is 369 g/mol. The Morgan fingerprint density at radius 1 is 1.26 bits per heavy atom. The summed E-state index contributed by atoms with van der Waals surface area (Å²) in [6.45, 7) is 1.90. The second kappa shape index (κ2) is 8.13. The fourth-order valence-corrected chi connectivity index (χ4v) is 3.81. The second-order valence-corrected chi connectivity index (χ2v) is 7.67. The molecule has 1 saturated carbocycles. The van der Waals surface area contributed by atoms with Gasteiger partial charge in [-0.05, 0) is 74.9 Å². The molecule has 0 unspecified atom stereocenters. The van der Waals surface area contributed by atoms with E-state index in [2.05, 4.69) is 15.8 Å². The molecule has 6 heteroatoms. The molecule has 0 bridgehead atoms. The first-order valence-electron chi connectivity index (χ1n) is 9.81. The Hall–Kier alpha value is -2.34. The molecule has 27 heavy (non-hydrogen) atoms. The second-order valence-electron chi connectivity index (χ2n) is 7.67. The number of benzene rings is 1. The van der Waals surface area contributed by atoms with Gasteiger partial charge >= 0.3 is 0 Å². The number of nitrogens with one attached hydrogen (secondary N) is 2. The minimum atomic E-state index is 0.202. The zero-order valence-electron chi connectivity index (χ0n) is 15.7. The van der Waals surface area contributed by atoms with Crippen molar-refractivity contribution in [3.8, 4) is 17.1 Å². The third kappa shape index (κ3) is 4.69. The molecule has 1 aromatic carbocycles. The van der Waals surface area contributed by atoms with Crippen molar-refractivity contribution in [2.24, 2.45) is 11.8 Å². The zero-order valence-corrected chi connectivity index (χ0v) is 15.7. The predicted molar refractivity (Wildman–Crippen MR) is 102 cm³/mol. The highest BCUT2D eigenvalue weighted by atomic mass is 16.5. The van der Waals surface area contributed by atoms with E-state index < -0.39 is 0 Å². The Labute approximate surface area is 159 Å². The van der Waals surface area contributed by atoms with Crippen molar-refractivity contribution >= 4 is 5.91 Å². The van der Waals surface area contributed by atoms with E-state index in [1.165, 1.54) is 0 Å². The van der Waals surface area contributed by atoms with E-state index in [4.69, 9.17) is 9.26 Å². The number of aromatic nitrogens is 1. The molecule has 2 heterocycles. The molecule has 2 N–H and O–H groups in total. The summed E-state index contributed by atoms with van der Waals surface area (Å²) in [5.74, 6) is 2.58. The molecule has 2 atom stereocenters. The maximum absolute atomic E-state index is 12.2. The predicted octanol–water partition coefficient (Wildman–Crippen LogP) is 2.79. The standard InChI is InChI=1S/C21H27N3O3/c1-26-19-6-2-14(3-7-19)20-12-18(24-27-20)10-16-13-22-9-8-15(16)11-21(25)23-17-4-5-17/h2-3,6-7,12,15-17,22H,4-5,8-11,13H2,1H3,(H,23,25)/t15-,16+/m0/s1. The maximum atomic E-state index is 12.2. The summed E-state index contributed by atoms with van der Waals surface area (Å²) >= 11 is 0. The number of rotatable bonds is 7. The molecule has 1 aliphatic carbocycles. The van der Waals surface area contributed by atoms with Crippen molar-refractivity contribution in [3.05, 3.63) is 36.0 Å². The molecule has 1 aliphatic heterocycles. The van der Waals surface area contributed by atoms with Crippen LogP contribution in [0.5, 0.6) is 5.75 Å². The van der Waals surface area contributed by atoms with Gasteiger partial charge in [-0.3, -0.25) is 4.79 Å². The number of hydrogen-bond donors (Lipinski definition) is 2. The third-order valence-corrected chi connectivity index (χ3v) is 5.56. The van der Waals surface area contributed by atoms with Crippen LogP contribution in [0.1, 0.15) is 31.4 Å². The molecule has 6 nitrogen and oxygen atoms in total. The van der Waals surface area contributed by atoms with Crippen molar-refractivity contribution in [2.75, 3.05) is 20.2 Å². The number of nitrogens with zero attached hydrogens (tertiary/aromatic N) is 1. The van der Waals surface area contributed by atoms with Crippen molar-refractivity contribution in [1.82, 2.24) is 15.8 Å². The van der Waals surface area contributed by atoms with Gasteiger partial charge in [0.15, 0.2) is 5.76 Å². The van der Waals surface area contributed by atoms with Crippen LogP contribution in [0.2, 0.25) is 0 Å². The van der Waals surface area contributed by atoms with E-state index in [1.807, 2.05) is 30.3 Å². The smallest absolute Gasteiger partial charge is 0.220 e. The molecule has 2 fully saturated rings. The van der Waals surface area contributed by atoms with Gasteiger partial charge in [0, 0.05) is 24.1 Å². The van der Waals surface area contributed by atoms with E-state index in [9.17, 15) is 4.79 Å². The van der Waals surface area contributed by atoms with Crippen molar-refractivity contribution in [3.63, 3.8) is 0 Å². The molecular weight excluding hydrogens is 342 g/mol. The van der Waals surface area contributed by atoms with Crippen LogP contribution in [0.15, 0.2) is 34.9 Å². The summed E-state index contributed by atoms with van der Waals surface area (Å²) in [6.07, 6.45) is 4.74. The van der Waals surface area contributed by atoms with Gasteiger partial charge in [-0.15, -0.1) is 0 Å². The van der Waals surface area contributed by atoms with E-state index in [-0.39, 0.29) is 5.91 Å². The number of piperidine rings is 1. The zero-order chi connectivity index (χ0) is 18.6. The van der Waals surface area contributed by atoms with Crippen LogP contribution in [0, 0.1) is 11.8 Å². The van der Waals surface area contributed by atoms with E-state index >= 15 is 0 Å². The lowest BCUT2D eigenvalue weighted by Gasteiger charge is -2.31. The van der Waals surface area contributed by atoms with E-state index in [0.29, 0.717) is 24.3 Å². The van der Waals surface area contributed by atoms with Crippen LogP contribution in [-0.4, -0.2) is 37.3 Å². The number of methoxy groups -OCH3 is 1. The highest BCUT2D eigenvalue weighted by Crippen LogP contribution is 2.29. The number of carbonyl (C=O) groups is 1. The van der Waals surface area contributed by atoms with Gasteiger partial charge in [-0.25, -0.2) is 0 Å². The molecule has 1 amide bonds. The topological polar surface area (TPSA) is 76.4 Å². The van der Waals surface area contributed by atoms with Gasteiger partial charge in [0.05, 0.1) is 12.8 Å². The number of hydrogen-bond acceptors (Lipinski definition) is 5. The summed E-state index contributed by atoms with van der Waals surface area (Å²) < 4.78 is 10.7. The molecule has 1 aromatic heterocycles. The summed E-state index contributed by atoms with van der Waals surface area (Å²) in [4.78, 5) is 12.2. The summed E-state index contributed by atoms with van der Waals surface area (Å²) in [7, 11) is 1.65. The average Bonchev–Trinajstić information content (AvgIpc) is 3.38. The lowest BCUT2D eigenvalue weighted by Crippen LogP contribution is -2.40. The van der Waals surface area contributed by atoms with E-state index in [0.717, 1.165) is 61.5 Å². The van der Waals surface area contributed by atoms with E-state index in [1.54, 1.807) is 7.11 Å². The number of carbonyl (C=O) groups excluding carboxylic acids is 1. The minimum absolute atomic E-state index is 0.202.